The van der Waals surface area contributed by atoms with Crippen molar-refractivity contribution < 1.29 is 27.5 Å². The molecule has 2 heterocycles. The highest BCUT2D eigenvalue weighted by Gasteiger charge is 2.31. The number of amides is 1. The molecule has 1 amide bonds. The van der Waals surface area contributed by atoms with Gasteiger partial charge < -0.3 is 15.4 Å². The number of rotatable bonds is 7. The zero-order chi connectivity index (χ0) is 23.5. The molecule has 0 spiro atoms. The number of fused-ring (bicyclic) bond motifs is 1. The number of alkyl halides is 4. The van der Waals surface area contributed by atoms with Gasteiger partial charge in [0.2, 0.25) is 5.91 Å². The van der Waals surface area contributed by atoms with Crippen LogP contribution in [0.1, 0.15) is 22.2 Å². The first-order valence-electron chi connectivity index (χ1n) is 9.03. The van der Waals surface area contributed by atoms with Gasteiger partial charge in [-0.25, -0.2) is 14.8 Å². The predicted octanol–water partition coefficient (Wildman–Crippen LogP) is 5.53. The van der Waals surface area contributed by atoms with Gasteiger partial charge in [0.05, 0.1) is 23.2 Å². The van der Waals surface area contributed by atoms with Crippen LogP contribution in [0.3, 0.4) is 0 Å². The molecule has 0 radical (unpaired) electrons. The van der Waals surface area contributed by atoms with E-state index in [-0.39, 0.29) is 39.9 Å². The number of carbonyl (C=O) groups is 2. The first-order chi connectivity index (χ1) is 15.2. The van der Waals surface area contributed by atoms with Gasteiger partial charge in [-0.15, -0.1) is 22.9 Å². The van der Waals surface area contributed by atoms with Crippen LogP contribution in [0, 0.1) is 0 Å². The van der Waals surface area contributed by atoms with Crippen molar-refractivity contribution in [3.05, 3.63) is 34.7 Å². The number of nitrogens with zero attached hydrogens (tertiary/aromatic N) is 2. The van der Waals surface area contributed by atoms with Crippen molar-refractivity contribution in [1.82, 2.24) is 9.97 Å². The van der Waals surface area contributed by atoms with E-state index in [1.807, 2.05) is 0 Å². The molecule has 0 aliphatic carbocycles. The molecule has 32 heavy (non-hydrogen) atoms. The molecule has 0 saturated heterocycles. The lowest BCUT2D eigenvalue weighted by Crippen LogP contribution is -2.15. The number of benzene rings is 1. The fourth-order valence-electron chi connectivity index (χ4n) is 2.71. The van der Waals surface area contributed by atoms with Crippen molar-refractivity contribution in [2.45, 2.75) is 18.3 Å². The van der Waals surface area contributed by atoms with E-state index in [9.17, 15) is 22.8 Å². The van der Waals surface area contributed by atoms with Crippen molar-refractivity contribution in [3.63, 3.8) is 0 Å². The highest BCUT2D eigenvalue weighted by atomic mass is 35.5. The van der Waals surface area contributed by atoms with Crippen LogP contribution in [0.5, 0.6) is 0 Å². The van der Waals surface area contributed by atoms with Gasteiger partial charge in [0.25, 0.3) is 0 Å². The second-order valence-corrected chi connectivity index (χ2v) is 8.19. The maximum Gasteiger partial charge on any atom is 0.416 e. The largest absolute Gasteiger partial charge is 0.462 e. The number of ether oxygens (including phenoxy) is 1. The average molecular weight is 505 g/mol. The van der Waals surface area contributed by atoms with Gasteiger partial charge in [-0.05, 0) is 31.4 Å². The van der Waals surface area contributed by atoms with Crippen LogP contribution in [-0.2, 0) is 15.7 Å². The maximum absolute atomic E-state index is 13.1. The normalized spacial score (nSPS) is 11.4. The molecule has 0 unspecified atom stereocenters. The Morgan fingerprint density at radius 3 is 2.66 bits per heavy atom. The van der Waals surface area contributed by atoms with Crippen LogP contribution < -0.4 is 10.6 Å². The lowest BCUT2D eigenvalue weighted by molar-refractivity contribution is -0.137. The average Bonchev–Trinajstić information content (AvgIpc) is 3.11. The highest BCUT2D eigenvalue weighted by molar-refractivity contribution is 7.98. The molecule has 2 aromatic heterocycles. The topological polar surface area (TPSA) is 93.2 Å². The zero-order valence-electron chi connectivity index (χ0n) is 16.7. The van der Waals surface area contributed by atoms with E-state index in [0.717, 1.165) is 23.5 Å². The maximum atomic E-state index is 13.1. The van der Waals surface area contributed by atoms with E-state index in [0.29, 0.717) is 9.99 Å². The van der Waals surface area contributed by atoms with Crippen molar-refractivity contribution >= 4 is 74.0 Å². The number of thiophene rings is 1. The number of carbonyl (C=O) groups excluding carboxylic acids is 2. The fourth-order valence-corrected chi connectivity index (χ4v) is 4.22. The van der Waals surface area contributed by atoms with Crippen LogP contribution in [0.2, 0.25) is 0 Å². The van der Waals surface area contributed by atoms with Crippen molar-refractivity contribution in [3.8, 4) is 0 Å². The second kappa shape index (κ2) is 9.92. The number of nitrogens with one attached hydrogen (secondary N) is 2. The minimum atomic E-state index is -4.53. The minimum absolute atomic E-state index is 0.0694. The first kappa shape index (κ1) is 24.1. The number of esters is 1. The number of hydrogen-bond acceptors (Lipinski definition) is 8. The number of hydrogen-bond donors (Lipinski definition) is 2. The zero-order valence-corrected chi connectivity index (χ0v) is 19.1. The molecule has 0 aliphatic rings. The Morgan fingerprint density at radius 1 is 1.28 bits per heavy atom. The molecule has 0 saturated carbocycles. The van der Waals surface area contributed by atoms with E-state index in [1.54, 1.807) is 13.2 Å². The third kappa shape index (κ3) is 5.25. The standard InChI is InChI=1S/C19H16ClF3N4O3S2/c1-3-30-17(29)14-13(25-11(28)8-20)12-15(26-18(31-2)27-16(12)32-14)24-10-6-4-5-9(7-10)19(21,22)23/h4-7H,3,8H2,1-2H3,(H,25,28)(H,24,26,27). The molecular weight excluding hydrogens is 489 g/mol. The summed E-state index contributed by atoms with van der Waals surface area (Å²) >= 11 is 7.79. The second-order valence-electron chi connectivity index (χ2n) is 6.15. The molecule has 170 valence electrons. The molecule has 13 heteroatoms. The summed E-state index contributed by atoms with van der Waals surface area (Å²) in [6.45, 7) is 1.74. The highest BCUT2D eigenvalue weighted by Crippen LogP contribution is 2.41. The van der Waals surface area contributed by atoms with Gasteiger partial charge in [-0.1, -0.05) is 17.8 Å². The van der Waals surface area contributed by atoms with E-state index in [4.69, 9.17) is 16.3 Å². The summed E-state index contributed by atoms with van der Waals surface area (Å²) in [4.78, 5) is 33.6. The quantitative estimate of drug-likeness (QED) is 0.189. The smallest absolute Gasteiger partial charge is 0.416 e. The van der Waals surface area contributed by atoms with Crippen LogP contribution in [0.15, 0.2) is 29.4 Å². The van der Waals surface area contributed by atoms with Gasteiger partial charge in [-0.2, -0.15) is 13.2 Å². The molecule has 7 nitrogen and oxygen atoms in total. The Labute approximate surface area is 193 Å². The van der Waals surface area contributed by atoms with Gasteiger partial charge >= 0.3 is 12.1 Å². The third-order valence-electron chi connectivity index (χ3n) is 4.01. The molecule has 3 aromatic rings. The predicted molar refractivity (Wildman–Crippen MR) is 119 cm³/mol. The Hall–Kier alpha value is -2.57. The number of halogens is 4. The molecule has 0 aliphatic heterocycles. The van der Waals surface area contributed by atoms with Crippen molar-refractivity contribution in [1.29, 1.82) is 0 Å². The number of anilines is 3. The van der Waals surface area contributed by atoms with Crippen LogP contribution in [0.4, 0.5) is 30.4 Å². The molecular formula is C19H16ClF3N4O3S2. The Balaban J connectivity index is 2.20. The van der Waals surface area contributed by atoms with Crippen molar-refractivity contribution in [2.75, 3.05) is 29.4 Å². The van der Waals surface area contributed by atoms with Gasteiger partial charge in [0, 0.05) is 5.69 Å². The van der Waals surface area contributed by atoms with E-state index < -0.39 is 23.6 Å². The monoisotopic (exact) mass is 504 g/mol. The molecule has 0 bridgehead atoms. The van der Waals surface area contributed by atoms with Gasteiger partial charge in [-0.3, -0.25) is 4.79 Å². The third-order valence-corrected chi connectivity index (χ3v) is 5.87. The van der Waals surface area contributed by atoms with Gasteiger partial charge in [0.1, 0.15) is 21.4 Å². The summed E-state index contributed by atoms with van der Waals surface area (Å²) < 4.78 is 44.4. The molecule has 3 rings (SSSR count). The van der Waals surface area contributed by atoms with Crippen LogP contribution in [-0.4, -0.2) is 40.6 Å². The molecule has 0 fully saturated rings. The molecule has 2 N–H and O–H groups in total. The fraction of sp³-hybridized carbons (Fsp3) is 0.263. The number of aromatic nitrogens is 2. The number of thioether (sulfide) groups is 1. The van der Waals surface area contributed by atoms with Crippen molar-refractivity contribution in [2.24, 2.45) is 0 Å². The Bertz CT molecular complexity index is 1170. The summed E-state index contributed by atoms with van der Waals surface area (Å²) in [6, 6.07) is 4.58. The molecule has 0 atom stereocenters. The van der Waals surface area contributed by atoms with Gasteiger partial charge in [0.15, 0.2) is 5.16 Å². The van der Waals surface area contributed by atoms with Crippen LogP contribution in [0.25, 0.3) is 10.2 Å². The Morgan fingerprint density at radius 2 is 2.03 bits per heavy atom. The Kier molecular flexibility index (Phi) is 7.47. The van der Waals surface area contributed by atoms with E-state index >= 15 is 0 Å². The van der Waals surface area contributed by atoms with E-state index in [1.165, 1.54) is 23.9 Å². The minimum Gasteiger partial charge on any atom is -0.462 e. The molecule has 1 aromatic carbocycles. The summed E-state index contributed by atoms with van der Waals surface area (Å²) in [5.74, 6) is -1.53. The summed E-state index contributed by atoms with van der Waals surface area (Å²) in [5.41, 5.74) is -0.646. The summed E-state index contributed by atoms with van der Waals surface area (Å²) in [7, 11) is 0. The summed E-state index contributed by atoms with van der Waals surface area (Å²) in [6.07, 6.45) is -2.80. The van der Waals surface area contributed by atoms with Crippen LogP contribution >= 0.6 is 34.7 Å². The summed E-state index contributed by atoms with van der Waals surface area (Å²) in [5, 5.41) is 5.98. The lowest BCUT2D eigenvalue weighted by Gasteiger charge is -2.13. The SMILES string of the molecule is CCOC(=O)c1sc2nc(SC)nc(Nc3cccc(C(F)(F)F)c3)c2c1NC(=O)CCl. The first-order valence-corrected chi connectivity index (χ1v) is 11.6. The van der Waals surface area contributed by atoms with E-state index in [2.05, 4.69) is 20.6 Å². The lowest BCUT2D eigenvalue weighted by atomic mass is 10.2.